The van der Waals surface area contributed by atoms with E-state index in [-0.39, 0.29) is 24.2 Å². The van der Waals surface area contributed by atoms with Crippen molar-refractivity contribution in [2.24, 2.45) is 5.92 Å². The zero-order valence-electron chi connectivity index (χ0n) is 14.2. The molecule has 0 bridgehead atoms. The van der Waals surface area contributed by atoms with Gasteiger partial charge in [-0.1, -0.05) is 26.0 Å². The fourth-order valence-corrected chi connectivity index (χ4v) is 2.68. The smallest absolute Gasteiger partial charge is 0.366 e. The van der Waals surface area contributed by atoms with Crippen molar-refractivity contribution < 1.29 is 22.7 Å². The van der Waals surface area contributed by atoms with Crippen LogP contribution in [0.3, 0.4) is 0 Å². The lowest BCUT2D eigenvalue weighted by molar-refractivity contribution is -0.137. The average molecular weight is 381 g/mol. The van der Waals surface area contributed by atoms with Crippen molar-refractivity contribution in [3.05, 3.63) is 35.4 Å². The van der Waals surface area contributed by atoms with E-state index in [0.29, 0.717) is 31.7 Å². The number of morpholine rings is 1. The van der Waals surface area contributed by atoms with Crippen molar-refractivity contribution in [1.29, 1.82) is 0 Å². The molecule has 1 aliphatic rings. The first-order valence-electron chi connectivity index (χ1n) is 8.07. The number of hydrogen-bond donors (Lipinski definition) is 2. The molecule has 1 heterocycles. The van der Waals surface area contributed by atoms with Gasteiger partial charge in [0.2, 0.25) is 0 Å². The lowest BCUT2D eigenvalue weighted by Gasteiger charge is -2.27. The van der Waals surface area contributed by atoms with Crippen LogP contribution < -0.4 is 10.6 Å². The standard InChI is InChI=1S/C17H23F3N2O2.ClH/c1-11(2)8-14(22-16(23)15-10-21-6-7-24-15)12-4-3-5-13(9-12)17(18,19)20;/h3-5,9,11,14-15,21H,6-8,10H2,1-2H3,(H,22,23);1H. The SMILES string of the molecule is CC(C)CC(NC(=O)C1CNCCO1)c1cccc(C(F)(F)F)c1.Cl. The summed E-state index contributed by atoms with van der Waals surface area (Å²) in [6.45, 7) is 5.46. The van der Waals surface area contributed by atoms with Crippen molar-refractivity contribution in [2.45, 2.75) is 38.6 Å². The number of alkyl halides is 3. The molecule has 0 aliphatic carbocycles. The minimum atomic E-state index is -4.40. The van der Waals surface area contributed by atoms with Crippen LogP contribution in [-0.2, 0) is 15.7 Å². The Morgan fingerprint density at radius 2 is 2.12 bits per heavy atom. The zero-order chi connectivity index (χ0) is 17.7. The molecule has 1 amide bonds. The first-order valence-corrected chi connectivity index (χ1v) is 8.07. The number of benzene rings is 1. The molecule has 2 unspecified atom stereocenters. The van der Waals surface area contributed by atoms with Gasteiger partial charge < -0.3 is 15.4 Å². The summed E-state index contributed by atoms with van der Waals surface area (Å²) in [7, 11) is 0. The summed E-state index contributed by atoms with van der Waals surface area (Å²) in [4.78, 5) is 12.3. The highest BCUT2D eigenvalue weighted by molar-refractivity contribution is 5.85. The topological polar surface area (TPSA) is 50.4 Å². The van der Waals surface area contributed by atoms with Crippen molar-refractivity contribution in [3.63, 3.8) is 0 Å². The number of amides is 1. The van der Waals surface area contributed by atoms with Gasteiger partial charge in [0, 0.05) is 13.1 Å². The molecule has 8 heteroatoms. The van der Waals surface area contributed by atoms with E-state index >= 15 is 0 Å². The third kappa shape index (κ3) is 6.49. The van der Waals surface area contributed by atoms with Gasteiger partial charge in [-0.25, -0.2) is 0 Å². The molecule has 0 spiro atoms. The molecule has 0 aromatic heterocycles. The molecule has 0 saturated carbocycles. The minimum absolute atomic E-state index is 0. The van der Waals surface area contributed by atoms with Gasteiger partial charge in [-0.3, -0.25) is 4.79 Å². The van der Waals surface area contributed by atoms with Gasteiger partial charge in [0.05, 0.1) is 18.2 Å². The van der Waals surface area contributed by atoms with E-state index in [0.717, 1.165) is 12.1 Å². The molecule has 25 heavy (non-hydrogen) atoms. The molecule has 0 radical (unpaired) electrons. The van der Waals surface area contributed by atoms with E-state index in [9.17, 15) is 18.0 Å². The summed E-state index contributed by atoms with van der Waals surface area (Å²) in [5.41, 5.74) is -0.255. The van der Waals surface area contributed by atoms with Crippen LogP contribution in [0.25, 0.3) is 0 Å². The van der Waals surface area contributed by atoms with E-state index < -0.39 is 23.9 Å². The molecule has 4 nitrogen and oxygen atoms in total. The van der Waals surface area contributed by atoms with Gasteiger partial charge in [-0.2, -0.15) is 13.2 Å². The molecule has 142 valence electrons. The summed E-state index contributed by atoms with van der Waals surface area (Å²) in [5.74, 6) is -0.0829. The molecule has 2 N–H and O–H groups in total. The van der Waals surface area contributed by atoms with Gasteiger partial charge >= 0.3 is 6.18 Å². The molecule has 2 rings (SSSR count). The van der Waals surface area contributed by atoms with E-state index in [1.807, 2.05) is 13.8 Å². The van der Waals surface area contributed by atoms with Gasteiger partial charge in [0.15, 0.2) is 0 Å². The van der Waals surface area contributed by atoms with Gasteiger partial charge in [0.25, 0.3) is 5.91 Å². The highest BCUT2D eigenvalue weighted by Gasteiger charge is 2.31. The first kappa shape index (κ1) is 21.7. The van der Waals surface area contributed by atoms with Gasteiger partial charge in [0.1, 0.15) is 6.10 Å². The van der Waals surface area contributed by atoms with Crippen LogP contribution in [-0.4, -0.2) is 31.7 Å². The predicted molar refractivity (Wildman–Crippen MR) is 91.6 cm³/mol. The highest BCUT2D eigenvalue weighted by Crippen LogP contribution is 2.32. The molecule has 1 aromatic rings. The number of hydrogen-bond acceptors (Lipinski definition) is 3. The lowest BCUT2D eigenvalue weighted by Crippen LogP contribution is -2.48. The maximum atomic E-state index is 12.9. The molecule has 1 saturated heterocycles. The quantitative estimate of drug-likeness (QED) is 0.824. The largest absolute Gasteiger partial charge is 0.416 e. The Kier molecular flexibility index (Phi) is 8.18. The van der Waals surface area contributed by atoms with Gasteiger partial charge in [-0.15, -0.1) is 12.4 Å². The number of nitrogens with one attached hydrogen (secondary N) is 2. The van der Waals surface area contributed by atoms with Crippen LogP contribution in [0, 0.1) is 5.92 Å². The number of carbonyl (C=O) groups excluding carboxylic acids is 1. The van der Waals surface area contributed by atoms with Crippen LogP contribution >= 0.6 is 12.4 Å². The highest BCUT2D eigenvalue weighted by atomic mass is 35.5. The molecular weight excluding hydrogens is 357 g/mol. The third-order valence-corrected chi connectivity index (χ3v) is 3.86. The Bertz CT molecular complexity index is 561. The van der Waals surface area contributed by atoms with E-state index in [2.05, 4.69) is 10.6 Å². The normalized spacial score (nSPS) is 19.2. The first-order chi connectivity index (χ1) is 11.3. The van der Waals surface area contributed by atoms with E-state index in [4.69, 9.17) is 4.74 Å². The van der Waals surface area contributed by atoms with Crippen LogP contribution in [0.4, 0.5) is 13.2 Å². The number of ether oxygens (including phenoxy) is 1. The van der Waals surface area contributed by atoms with E-state index in [1.54, 1.807) is 6.07 Å². The molecule has 1 fully saturated rings. The summed E-state index contributed by atoms with van der Waals surface area (Å²) >= 11 is 0. The van der Waals surface area contributed by atoms with Crippen molar-refractivity contribution in [3.8, 4) is 0 Å². The van der Waals surface area contributed by atoms with Crippen molar-refractivity contribution >= 4 is 18.3 Å². The average Bonchev–Trinajstić information content (AvgIpc) is 2.54. The molecule has 1 aliphatic heterocycles. The van der Waals surface area contributed by atoms with Crippen molar-refractivity contribution in [1.82, 2.24) is 10.6 Å². The minimum Gasteiger partial charge on any atom is -0.366 e. The monoisotopic (exact) mass is 380 g/mol. The Morgan fingerprint density at radius 1 is 1.40 bits per heavy atom. The second kappa shape index (κ2) is 9.40. The predicted octanol–water partition coefficient (Wildman–Crippen LogP) is 3.32. The molecular formula is C17H24ClF3N2O2. The maximum absolute atomic E-state index is 12.9. The van der Waals surface area contributed by atoms with E-state index in [1.165, 1.54) is 6.07 Å². The zero-order valence-corrected chi connectivity index (χ0v) is 15.0. The lowest BCUT2D eigenvalue weighted by atomic mass is 9.95. The summed E-state index contributed by atoms with van der Waals surface area (Å²) in [6.07, 6.45) is -4.47. The van der Waals surface area contributed by atoms with Gasteiger partial charge in [-0.05, 0) is 30.0 Å². The Morgan fingerprint density at radius 3 is 2.68 bits per heavy atom. The number of halogens is 4. The second-order valence-electron chi connectivity index (χ2n) is 6.38. The Hall–Kier alpha value is -1.31. The number of carbonyl (C=O) groups is 1. The van der Waals surface area contributed by atoms with Crippen LogP contribution in [0.2, 0.25) is 0 Å². The van der Waals surface area contributed by atoms with Crippen molar-refractivity contribution in [2.75, 3.05) is 19.7 Å². The second-order valence-corrected chi connectivity index (χ2v) is 6.38. The third-order valence-electron chi connectivity index (χ3n) is 3.86. The number of rotatable bonds is 5. The summed E-state index contributed by atoms with van der Waals surface area (Å²) in [6, 6.07) is 4.64. The molecule has 1 aromatic carbocycles. The fourth-order valence-electron chi connectivity index (χ4n) is 2.68. The van der Waals surface area contributed by atoms with Crippen LogP contribution in [0.5, 0.6) is 0 Å². The van der Waals surface area contributed by atoms with Crippen LogP contribution in [0.15, 0.2) is 24.3 Å². The Labute approximate surface area is 151 Å². The molecule has 2 atom stereocenters. The van der Waals surface area contributed by atoms with Crippen LogP contribution in [0.1, 0.15) is 37.4 Å². The summed E-state index contributed by atoms with van der Waals surface area (Å²) < 4.78 is 44.2. The maximum Gasteiger partial charge on any atom is 0.416 e. The summed E-state index contributed by atoms with van der Waals surface area (Å²) in [5, 5.41) is 5.91. The Balaban J connectivity index is 0.00000312. The fraction of sp³-hybridized carbons (Fsp3) is 0.588.